The molecule has 3 atom stereocenters. The third-order valence-corrected chi connectivity index (χ3v) is 5.57. The maximum Gasteiger partial charge on any atom is 0.0484 e. The van der Waals surface area contributed by atoms with Gasteiger partial charge in [-0.15, -0.1) is 0 Å². The third kappa shape index (κ3) is 2.07. The molecular weight excluding hydrogens is 264 g/mol. The van der Waals surface area contributed by atoms with Gasteiger partial charge in [0.05, 0.1) is 0 Å². The molecule has 0 N–H and O–H groups in total. The molecule has 0 amide bonds. The van der Waals surface area contributed by atoms with Crippen molar-refractivity contribution in [2.45, 2.75) is 31.6 Å². The highest BCUT2D eigenvalue weighted by Crippen LogP contribution is 2.53. The van der Waals surface area contributed by atoms with E-state index >= 15 is 0 Å². The highest BCUT2D eigenvalue weighted by molar-refractivity contribution is 6.33. The second kappa shape index (κ2) is 4.93. The maximum absolute atomic E-state index is 6.33. The highest BCUT2D eigenvalue weighted by Gasteiger charge is 2.40. The number of benzene rings is 2. The zero-order chi connectivity index (χ0) is 13.5. The molecule has 0 aromatic heterocycles. The van der Waals surface area contributed by atoms with E-state index in [2.05, 4.69) is 36.4 Å². The molecule has 2 aromatic carbocycles. The van der Waals surface area contributed by atoms with Crippen LogP contribution in [-0.4, -0.2) is 0 Å². The molecule has 2 saturated carbocycles. The Balaban J connectivity index is 1.70. The largest absolute Gasteiger partial charge is 0.0837 e. The average molecular weight is 283 g/mol. The number of hydrogen-bond donors (Lipinski definition) is 0. The van der Waals surface area contributed by atoms with Crippen molar-refractivity contribution in [1.82, 2.24) is 0 Å². The van der Waals surface area contributed by atoms with Crippen LogP contribution in [0.2, 0.25) is 5.02 Å². The van der Waals surface area contributed by atoms with Gasteiger partial charge >= 0.3 is 0 Å². The minimum Gasteiger partial charge on any atom is -0.0837 e. The van der Waals surface area contributed by atoms with E-state index in [9.17, 15) is 0 Å². The molecular formula is C19H19Cl. The summed E-state index contributed by atoms with van der Waals surface area (Å²) in [4.78, 5) is 0. The Morgan fingerprint density at radius 3 is 2.55 bits per heavy atom. The van der Waals surface area contributed by atoms with Crippen LogP contribution in [0.25, 0.3) is 11.1 Å². The van der Waals surface area contributed by atoms with Crippen LogP contribution in [0, 0.1) is 11.8 Å². The van der Waals surface area contributed by atoms with E-state index in [1.165, 1.54) is 36.8 Å². The highest BCUT2D eigenvalue weighted by atomic mass is 35.5. The van der Waals surface area contributed by atoms with Crippen molar-refractivity contribution in [3.63, 3.8) is 0 Å². The van der Waals surface area contributed by atoms with Gasteiger partial charge < -0.3 is 0 Å². The third-order valence-electron chi connectivity index (χ3n) is 5.24. The first-order valence-corrected chi connectivity index (χ1v) is 8.04. The Kier molecular flexibility index (Phi) is 3.07. The molecule has 4 rings (SSSR count). The lowest BCUT2D eigenvalue weighted by Crippen LogP contribution is -2.08. The van der Waals surface area contributed by atoms with Crippen LogP contribution in [0.15, 0.2) is 48.5 Å². The molecule has 2 fully saturated rings. The van der Waals surface area contributed by atoms with Crippen molar-refractivity contribution in [3.05, 3.63) is 59.1 Å². The molecule has 2 aliphatic rings. The molecule has 2 bridgehead atoms. The van der Waals surface area contributed by atoms with Gasteiger partial charge in [-0.1, -0.05) is 60.5 Å². The summed E-state index contributed by atoms with van der Waals surface area (Å²) in [6.45, 7) is 0. The monoisotopic (exact) mass is 282 g/mol. The molecule has 0 saturated heterocycles. The maximum atomic E-state index is 6.33. The summed E-state index contributed by atoms with van der Waals surface area (Å²) >= 11 is 6.33. The van der Waals surface area contributed by atoms with Gasteiger partial charge in [0, 0.05) is 10.6 Å². The quantitative estimate of drug-likeness (QED) is 0.642. The van der Waals surface area contributed by atoms with Crippen molar-refractivity contribution in [2.24, 2.45) is 11.8 Å². The van der Waals surface area contributed by atoms with E-state index in [4.69, 9.17) is 11.6 Å². The molecule has 102 valence electrons. The van der Waals surface area contributed by atoms with Crippen LogP contribution >= 0.6 is 11.6 Å². The Hall–Kier alpha value is -1.27. The Morgan fingerprint density at radius 1 is 0.900 bits per heavy atom. The minimum absolute atomic E-state index is 0.788. The summed E-state index contributed by atoms with van der Waals surface area (Å²) in [6, 6.07) is 17.2. The van der Waals surface area contributed by atoms with E-state index in [0.29, 0.717) is 0 Å². The van der Waals surface area contributed by atoms with Gasteiger partial charge in [-0.25, -0.2) is 0 Å². The van der Waals surface area contributed by atoms with Gasteiger partial charge in [0.2, 0.25) is 0 Å². The van der Waals surface area contributed by atoms with E-state index in [-0.39, 0.29) is 0 Å². The van der Waals surface area contributed by atoms with E-state index in [1.807, 2.05) is 12.1 Å². The van der Waals surface area contributed by atoms with Crippen LogP contribution < -0.4 is 0 Å². The zero-order valence-corrected chi connectivity index (χ0v) is 12.3. The first-order chi connectivity index (χ1) is 9.81. The predicted molar refractivity (Wildman–Crippen MR) is 85.1 cm³/mol. The first kappa shape index (κ1) is 12.5. The van der Waals surface area contributed by atoms with Gasteiger partial charge in [-0.3, -0.25) is 0 Å². The van der Waals surface area contributed by atoms with Crippen LogP contribution in [0.3, 0.4) is 0 Å². The van der Waals surface area contributed by atoms with Crippen LogP contribution in [0.1, 0.15) is 37.2 Å². The Morgan fingerprint density at radius 2 is 1.80 bits per heavy atom. The smallest absolute Gasteiger partial charge is 0.0484 e. The predicted octanol–water partition coefficient (Wildman–Crippen LogP) is 5.91. The zero-order valence-electron chi connectivity index (χ0n) is 11.6. The molecule has 0 spiro atoms. The molecule has 2 aromatic rings. The molecule has 0 aliphatic heterocycles. The fourth-order valence-corrected chi connectivity index (χ4v) is 4.53. The van der Waals surface area contributed by atoms with Gasteiger partial charge in [-0.2, -0.15) is 0 Å². The molecule has 1 heteroatoms. The van der Waals surface area contributed by atoms with E-state index in [1.54, 1.807) is 0 Å². The summed E-state index contributed by atoms with van der Waals surface area (Å²) in [6.07, 6.45) is 5.76. The minimum atomic E-state index is 0.788. The number of halogens is 1. The molecule has 20 heavy (non-hydrogen) atoms. The van der Waals surface area contributed by atoms with Crippen LogP contribution in [-0.2, 0) is 0 Å². The first-order valence-electron chi connectivity index (χ1n) is 7.66. The topological polar surface area (TPSA) is 0 Å². The van der Waals surface area contributed by atoms with Crippen molar-refractivity contribution < 1.29 is 0 Å². The van der Waals surface area contributed by atoms with Gasteiger partial charge in [0.25, 0.3) is 0 Å². The standard InChI is InChI=1S/C19H19Cl/c20-19-7-2-1-6-17(19)14-4-3-5-15(12-14)18-11-13-8-9-16(18)10-13/h1-7,12-13,16,18H,8-11H2. The summed E-state index contributed by atoms with van der Waals surface area (Å²) in [5.41, 5.74) is 3.93. The number of hydrogen-bond acceptors (Lipinski definition) is 0. The van der Waals surface area contributed by atoms with Gasteiger partial charge in [0.15, 0.2) is 0 Å². The average Bonchev–Trinajstić information content (AvgIpc) is 3.11. The number of fused-ring (bicyclic) bond motifs is 2. The van der Waals surface area contributed by atoms with E-state index in [0.717, 1.165) is 28.3 Å². The second-order valence-corrected chi connectivity index (χ2v) is 6.79. The molecule has 3 unspecified atom stereocenters. The molecule has 0 heterocycles. The Labute approximate surface area is 125 Å². The van der Waals surface area contributed by atoms with Crippen molar-refractivity contribution in [3.8, 4) is 11.1 Å². The lowest BCUT2D eigenvalue weighted by Gasteiger charge is -2.22. The summed E-state index contributed by atoms with van der Waals surface area (Å²) in [7, 11) is 0. The number of rotatable bonds is 2. The summed E-state index contributed by atoms with van der Waals surface area (Å²) < 4.78 is 0. The van der Waals surface area contributed by atoms with Crippen molar-refractivity contribution in [2.75, 3.05) is 0 Å². The van der Waals surface area contributed by atoms with Crippen LogP contribution in [0.5, 0.6) is 0 Å². The normalized spacial score (nSPS) is 27.9. The van der Waals surface area contributed by atoms with Gasteiger partial charge in [0.1, 0.15) is 0 Å². The van der Waals surface area contributed by atoms with Crippen molar-refractivity contribution >= 4 is 11.6 Å². The fraction of sp³-hybridized carbons (Fsp3) is 0.368. The van der Waals surface area contributed by atoms with Gasteiger partial charge in [-0.05, 0) is 54.2 Å². The lowest BCUT2D eigenvalue weighted by atomic mass is 9.82. The van der Waals surface area contributed by atoms with E-state index < -0.39 is 0 Å². The Bertz CT molecular complexity index is 631. The second-order valence-electron chi connectivity index (χ2n) is 6.39. The molecule has 0 radical (unpaired) electrons. The summed E-state index contributed by atoms with van der Waals surface area (Å²) in [5.74, 6) is 2.71. The lowest BCUT2D eigenvalue weighted by molar-refractivity contribution is 0.420. The SMILES string of the molecule is Clc1ccccc1-c1cccc(C2CC3CCC2C3)c1. The van der Waals surface area contributed by atoms with Crippen LogP contribution in [0.4, 0.5) is 0 Å². The fourth-order valence-electron chi connectivity index (χ4n) is 4.29. The van der Waals surface area contributed by atoms with Crippen molar-refractivity contribution in [1.29, 1.82) is 0 Å². The molecule has 0 nitrogen and oxygen atoms in total. The molecule has 2 aliphatic carbocycles. The summed E-state index contributed by atoms with van der Waals surface area (Å²) in [5, 5.41) is 0.845.